The fourth-order valence-corrected chi connectivity index (χ4v) is 2.90. The summed E-state index contributed by atoms with van der Waals surface area (Å²) in [6, 6.07) is 11.1. The highest BCUT2D eigenvalue weighted by Crippen LogP contribution is 2.32. The summed E-state index contributed by atoms with van der Waals surface area (Å²) in [6.45, 7) is 3.19. The van der Waals surface area contributed by atoms with Crippen LogP contribution in [0.5, 0.6) is 0 Å². The Kier molecular flexibility index (Phi) is 13.5. The summed E-state index contributed by atoms with van der Waals surface area (Å²) in [5.74, 6) is -0.164. The van der Waals surface area contributed by atoms with Crippen LogP contribution in [0.4, 0.5) is 24.5 Å². The predicted octanol–water partition coefficient (Wildman–Crippen LogP) is 4.91. The minimum Gasteiger partial charge on any atom is -0.460 e. The molecule has 0 saturated carbocycles. The molecule has 0 unspecified atom stereocenters. The zero-order valence-corrected chi connectivity index (χ0v) is 19.9. The van der Waals surface area contributed by atoms with Gasteiger partial charge in [-0.3, -0.25) is 0 Å². The zero-order chi connectivity index (χ0) is 25.4. The van der Waals surface area contributed by atoms with Crippen molar-refractivity contribution in [3.63, 3.8) is 0 Å². The van der Waals surface area contributed by atoms with Gasteiger partial charge in [0.25, 0.3) is 0 Å². The summed E-state index contributed by atoms with van der Waals surface area (Å²) in [5, 5.41) is 2.85. The lowest BCUT2D eigenvalue weighted by atomic mass is 10.1. The maximum atomic E-state index is 12.9. The first-order chi connectivity index (χ1) is 16.9. The molecule has 0 spiro atoms. The molecule has 2 aromatic rings. The molecule has 11 heteroatoms. The third kappa shape index (κ3) is 11.7. The molecule has 0 fully saturated rings. The SMILES string of the molecule is O=C(OCCOCCOCCOCCOCCCl)c1ccccc1Nc1cccc(C(F)(F)F)c1. The van der Waals surface area contributed by atoms with Gasteiger partial charge in [-0.05, 0) is 30.3 Å². The Morgan fingerprint density at radius 3 is 1.94 bits per heavy atom. The van der Waals surface area contributed by atoms with E-state index in [2.05, 4.69) is 5.32 Å². The molecule has 1 N–H and O–H groups in total. The van der Waals surface area contributed by atoms with E-state index < -0.39 is 17.7 Å². The van der Waals surface area contributed by atoms with Crippen LogP contribution in [0.25, 0.3) is 0 Å². The van der Waals surface area contributed by atoms with E-state index >= 15 is 0 Å². The number of rotatable bonds is 17. The number of hydrogen-bond donors (Lipinski definition) is 1. The van der Waals surface area contributed by atoms with Crippen LogP contribution in [-0.2, 0) is 29.9 Å². The molecular formula is C24H29ClF3NO6. The Morgan fingerprint density at radius 1 is 0.771 bits per heavy atom. The smallest absolute Gasteiger partial charge is 0.416 e. The van der Waals surface area contributed by atoms with E-state index in [-0.39, 0.29) is 24.5 Å². The summed E-state index contributed by atoms with van der Waals surface area (Å²) in [5.41, 5.74) is -0.0577. The van der Waals surface area contributed by atoms with Crippen molar-refractivity contribution in [1.29, 1.82) is 0 Å². The number of ether oxygens (including phenoxy) is 5. The van der Waals surface area contributed by atoms with Crippen LogP contribution in [0.1, 0.15) is 15.9 Å². The summed E-state index contributed by atoms with van der Waals surface area (Å²) >= 11 is 5.48. The fraction of sp³-hybridized carbons (Fsp3) is 0.458. The fourth-order valence-electron chi connectivity index (χ4n) is 2.79. The molecule has 35 heavy (non-hydrogen) atoms. The lowest BCUT2D eigenvalue weighted by Gasteiger charge is -2.13. The molecule has 0 aliphatic heterocycles. The van der Waals surface area contributed by atoms with E-state index in [1.165, 1.54) is 18.2 Å². The molecule has 0 atom stereocenters. The first-order valence-electron chi connectivity index (χ1n) is 11.0. The number of carbonyl (C=O) groups excluding carboxylic acids is 1. The van der Waals surface area contributed by atoms with Crippen LogP contribution in [-0.4, -0.2) is 71.3 Å². The van der Waals surface area contributed by atoms with Crippen molar-refractivity contribution in [1.82, 2.24) is 0 Å². The highest BCUT2D eigenvalue weighted by Gasteiger charge is 2.30. The summed E-state index contributed by atoms with van der Waals surface area (Å²) < 4.78 is 65.3. The van der Waals surface area contributed by atoms with Crippen molar-refractivity contribution < 1.29 is 41.7 Å². The molecule has 0 amide bonds. The highest BCUT2D eigenvalue weighted by molar-refractivity contribution is 6.17. The first-order valence-corrected chi connectivity index (χ1v) is 11.5. The monoisotopic (exact) mass is 519 g/mol. The standard InChI is InChI=1S/C24H29ClF3NO6/c25-8-9-31-10-11-32-12-13-33-14-15-34-16-17-35-23(30)21-6-1-2-7-22(21)29-20-5-3-4-19(18-20)24(26,27)28/h1-7,18,29H,8-17H2. The zero-order valence-electron chi connectivity index (χ0n) is 19.2. The molecule has 0 saturated heterocycles. The quantitative estimate of drug-likeness (QED) is 0.181. The number of para-hydroxylation sites is 1. The van der Waals surface area contributed by atoms with Crippen LogP contribution in [0, 0.1) is 0 Å². The number of alkyl halides is 4. The van der Waals surface area contributed by atoms with Crippen molar-refractivity contribution in [2.75, 3.05) is 70.7 Å². The maximum Gasteiger partial charge on any atom is 0.416 e. The molecule has 194 valence electrons. The lowest BCUT2D eigenvalue weighted by Crippen LogP contribution is -2.15. The molecule has 0 bridgehead atoms. The molecule has 7 nitrogen and oxygen atoms in total. The number of anilines is 2. The Labute approximate surface area is 207 Å². The van der Waals surface area contributed by atoms with E-state index in [1.807, 2.05) is 0 Å². The summed E-state index contributed by atoms with van der Waals surface area (Å²) in [4.78, 5) is 12.4. The van der Waals surface area contributed by atoms with Gasteiger partial charge in [0.05, 0.1) is 69.7 Å². The third-order valence-corrected chi connectivity index (χ3v) is 4.57. The van der Waals surface area contributed by atoms with Crippen molar-refractivity contribution in [3.8, 4) is 0 Å². The number of hydrogen-bond acceptors (Lipinski definition) is 7. The minimum absolute atomic E-state index is 0.0160. The van der Waals surface area contributed by atoms with Crippen molar-refractivity contribution in [2.45, 2.75) is 6.18 Å². The third-order valence-electron chi connectivity index (χ3n) is 4.41. The van der Waals surface area contributed by atoms with Gasteiger partial charge in [-0.1, -0.05) is 18.2 Å². The van der Waals surface area contributed by atoms with Gasteiger partial charge in [-0.2, -0.15) is 13.2 Å². The number of nitrogens with one attached hydrogen (secondary N) is 1. The normalized spacial score (nSPS) is 11.4. The molecule has 2 rings (SSSR count). The molecule has 0 heterocycles. The number of halogens is 4. The Balaban J connectivity index is 1.64. The Hall–Kier alpha value is -2.37. The van der Waals surface area contributed by atoms with E-state index in [4.69, 9.17) is 35.3 Å². The van der Waals surface area contributed by atoms with Gasteiger partial charge in [0.15, 0.2) is 0 Å². The molecule has 0 radical (unpaired) electrons. The number of esters is 1. The van der Waals surface area contributed by atoms with Crippen LogP contribution >= 0.6 is 11.6 Å². The van der Waals surface area contributed by atoms with Crippen molar-refractivity contribution >= 4 is 28.9 Å². The van der Waals surface area contributed by atoms with Gasteiger partial charge in [0, 0.05) is 11.6 Å². The second-order valence-electron chi connectivity index (χ2n) is 7.02. The van der Waals surface area contributed by atoms with Gasteiger partial charge in [0.2, 0.25) is 0 Å². The Bertz CT molecular complexity index is 884. The lowest BCUT2D eigenvalue weighted by molar-refractivity contribution is -0.137. The van der Waals surface area contributed by atoms with E-state index in [0.29, 0.717) is 57.8 Å². The van der Waals surface area contributed by atoms with Gasteiger partial charge in [-0.25, -0.2) is 4.79 Å². The number of benzene rings is 2. The van der Waals surface area contributed by atoms with Gasteiger partial charge < -0.3 is 29.0 Å². The van der Waals surface area contributed by atoms with Gasteiger partial charge >= 0.3 is 12.1 Å². The average Bonchev–Trinajstić information content (AvgIpc) is 2.84. The van der Waals surface area contributed by atoms with Crippen LogP contribution in [0.15, 0.2) is 48.5 Å². The second-order valence-corrected chi connectivity index (χ2v) is 7.40. The number of carbonyl (C=O) groups is 1. The van der Waals surface area contributed by atoms with Crippen molar-refractivity contribution in [3.05, 3.63) is 59.7 Å². The minimum atomic E-state index is -4.46. The summed E-state index contributed by atoms with van der Waals surface area (Å²) in [7, 11) is 0. The van der Waals surface area contributed by atoms with E-state index in [1.54, 1.807) is 18.2 Å². The van der Waals surface area contributed by atoms with Gasteiger partial charge in [-0.15, -0.1) is 11.6 Å². The van der Waals surface area contributed by atoms with Crippen LogP contribution < -0.4 is 5.32 Å². The largest absolute Gasteiger partial charge is 0.460 e. The molecule has 2 aromatic carbocycles. The van der Waals surface area contributed by atoms with Crippen LogP contribution in [0.2, 0.25) is 0 Å². The van der Waals surface area contributed by atoms with E-state index in [9.17, 15) is 18.0 Å². The topological polar surface area (TPSA) is 75.3 Å². The molecule has 0 aliphatic carbocycles. The van der Waals surface area contributed by atoms with Crippen molar-refractivity contribution in [2.24, 2.45) is 0 Å². The van der Waals surface area contributed by atoms with E-state index in [0.717, 1.165) is 12.1 Å². The molecule has 0 aliphatic rings. The van der Waals surface area contributed by atoms with Crippen LogP contribution in [0.3, 0.4) is 0 Å². The maximum absolute atomic E-state index is 12.9. The first kappa shape index (κ1) is 28.9. The molecular weight excluding hydrogens is 491 g/mol. The molecule has 0 aromatic heterocycles. The summed E-state index contributed by atoms with van der Waals surface area (Å²) in [6.07, 6.45) is -4.46. The highest BCUT2D eigenvalue weighted by atomic mass is 35.5. The average molecular weight is 520 g/mol. The second kappa shape index (κ2) is 16.3. The predicted molar refractivity (Wildman–Crippen MR) is 125 cm³/mol. The Morgan fingerprint density at radius 2 is 1.34 bits per heavy atom. The van der Waals surface area contributed by atoms with Gasteiger partial charge in [0.1, 0.15) is 6.61 Å².